The minimum atomic E-state index is -0.539. The Morgan fingerprint density at radius 3 is 2.70 bits per heavy atom. The van der Waals surface area contributed by atoms with Crippen molar-refractivity contribution in [3.63, 3.8) is 0 Å². The van der Waals surface area contributed by atoms with Gasteiger partial charge in [-0.15, -0.1) is 0 Å². The van der Waals surface area contributed by atoms with Gasteiger partial charge in [-0.1, -0.05) is 11.9 Å². The van der Waals surface area contributed by atoms with Crippen LogP contribution in [-0.2, 0) is 7.05 Å². The highest BCUT2D eigenvalue weighted by Gasteiger charge is 2.18. The Morgan fingerprint density at radius 1 is 1.30 bits per heavy atom. The number of fused-ring (bicyclic) bond motifs is 1. The van der Waals surface area contributed by atoms with Crippen molar-refractivity contribution in [2.75, 3.05) is 30.5 Å². The van der Waals surface area contributed by atoms with Gasteiger partial charge >= 0.3 is 0 Å². The second kappa shape index (κ2) is 9.41. The molecule has 0 fully saturated rings. The van der Waals surface area contributed by atoms with Crippen LogP contribution < -0.4 is 31.2 Å². The summed E-state index contributed by atoms with van der Waals surface area (Å²) in [6, 6.07) is 3.27. The van der Waals surface area contributed by atoms with Crippen LogP contribution in [0.2, 0.25) is 0 Å². The number of methoxy groups -OCH3 is 1. The van der Waals surface area contributed by atoms with Crippen molar-refractivity contribution in [2.24, 2.45) is 12.2 Å². The summed E-state index contributed by atoms with van der Waals surface area (Å²) in [5.74, 6) is 1.03. The number of ether oxygens (including phenoxy) is 2. The van der Waals surface area contributed by atoms with Gasteiger partial charge in [-0.2, -0.15) is 0 Å². The highest BCUT2D eigenvalue weighted by atomic mass is 32.2. The summed E-state index contributed by atoms with van der Waals surface area (Å²) in [6.45, 7) is 0.428. The van der Waals surface area contributed by atoms with E-state index in [1.165, 1.54) is 43.1 Å². The summed E-state index contributed by atoms with van der Waals surface area (Å²) in [5, 5.41) is 8.33. The molecule has 0 aliphatic heterocycles. The van der Waals surface area contributed by atoms with E-state index in [4.69, 9.17) is 20.3 Å². The van der Waals surface area contributed by atoms with Gasteiger partial charge in [-0.05, 0) is 18.6 Å². The number of anilines is 2. The zero-order valence-electron chi connectivity index (χ0n) is 16.4. The molecule has 2 aromatic heterocycles. The van der Waals surface area contributed by atoms with Gasteiger partial charge in [-0.3, -0.25) is 24.6 Å². The predicted octanol–water partition coefficient (Wildman–Crippen LogP) is 0.942. The smallest absolute Gasteiger partial charge is 0.262 e. The molecule has 0 saturated heterocycles. The fourth-order valence-electron chi connectivity index (χ4n) is 2.67. The van der Waals surface area contributed by atoms with Gasteiger partial charge in [-0.25, -0.2) is 15.0 Å². The summed E-state index contributed by atoms with van der Waals surface area (Å²) in [7, 11) is 2.96. The highest BCUT2D eigenvalue weighted by Crippen LogP contribution is 2.33. The molecule has 12 heteroatoms. The van der Waals surface area contributed by atoms with Crippen LogP contribution in [0, 0.1) is 0 Å². The first-order chi connectivity index (χ1) is 14.5. The Kier molecular flexibility index (Phi) is 6.69. The molecule has 0 aliphatic rings. The molecular weight excluding hydrogens is 410 g/mol. The number of nitrogen functional groups attached to an aromatic ring is 1. The number of aromatic nitrogens is 4. The van der Waals surface area contributed by atoms with Crippen molar-refractivity contribution < 1.29 is 14.3 Å². The lowest BCUT2D eigenvalue weighted by molar-refractivity contribution is 0.102. The van der Waals surface area contributed by atoms with Gasteiger partial charge in [0, 0.05) is 25.2 Å². The van der Waals surface area contributed by atoms with Gasteiger partial charge in [0.25, 0.3) is 11.5 Å². The van der Waals surface area contributed by atoms with Crippen LogP contribution in [-0.4, -0.2) is 44.9 Å². The zero-order valence-corrected chi connectivity index (χ0v) is 17.2. The normalized spacial score (nSPS) is 10.8. The number of nitrogens with two attached hydrogens (primary N) is 2. The third-order valence-electron chi connectivity index (χ3n) is 4.19. The van der Waals surface area contributed by atoms with Gasteiger partial charge in [0.05, 0.1) is 24.7 Å². The molecule has 2 heterocycles. The van der Waals surface area contributed by atoms with Crippen LogP contribution in [0.15, 0.2) is 29.3 Å². The van der Waals surface area contributed by atoms with E-state index in [-0.39, 0.29) is 28.5 Å². The molecule has 3 rings (SSSR count). The van der Waals surface area contributed by atoms with Gasteiger partial charge < -0.3 is 15.2 Å². The van der Waals surface area contributed by atoms with Crippen LogP contribution in [0.5, 0.6) is 11.5 Å². The summed E-state index contributed by atoms with van der Waals surface area (Å²) in [6.07, 6.45) is 3.31. The zero-order chi connectivity index (χ0) is 21.7. The first-order valence-electron chi connectivity index (χ1n) is 8.87. The first-order valence-corrected chi connectivity index (χ1v) is 9.92. The van der Waals surface area contributed by atoms with Crippen molar-refractivity contribution in [2.45, 2.75) is 6.42 Å². The van der Waals surface area contributed by atoms with Crippen molar-refractivity contribution >= 4 is 40.7 Å². The fourth-order valence-corrected chi connectivity index (χ4v) is 2.95. The Bertz CT molecular complexity index is 1120. The van der Waals surface area contributed by atoms with Crippen LogP contribution in [0.1, 0.15) is 16.8 Å². The van der Waals surface area contributed by atoms with Crippen LogP contribution in [0.3, 0.4) is 0 Å². The average Bonchev–Trinajstić information content (AvgIpc) is 2.75. The number of nitrogens with zero attached hydrogens (tertiary/aromatic N) is 4. The maximum atomic E-state index is 12.8. The SMILES string of the molecule is COc1c(OCCCSN)ccc2c(=O)n(C)c(NC(=O)c3cnc(N)nc3)nc12. The molecular formula is C18H21N7O4S. The lowest BCUT2D eigenvalue weighted by Crippen LogP contribution is -2.25. The second-order valence-corrected chi connectivity index (χ2v) is 6.89. The number of carbonyl (C=O) groups excluding carboxylic acids is 1. The van der Waals surface area contributed by atoms with Gasteiger partial charge in [0.2, 0.25) is 11.9 Å². The maximum Gasteiger partial charge on any atom is 0.262 e. The monoisotopic (exact) mass is 431 g/mol. The number of benzene rings is 1. The molecule has 1 amide bonds. The standard InChI is InChI=1S/C18H21N7O4S/c1-25-16(27)11-4-5-12(29-6-3-7-30-20)14(28-2)13(11)23-18(25)24-15(26)10-8-21-17(19)22-9-10/h4-5,8-9H,3,6-7,20H2,1-2H3,(H2,19,21,22)(H,23,24,26). The number of rotatable bonds is 8. The van der Waals surface area contributed by atoms with E-state index >= 15 is 0 Å². The van der Waals surface area contributed by atoms with E-state index in [0.717, 1.165) is 12.2 Å². The Hall–Kier alpha value is -3.38. The van der Waals surface area contributed by atoms with E-state index in [0.29, 0.717) is 23.5 Å². The van der Waals surface area contributed by atoms with Crippen molar-refractivity contribution in [1.82, 2.24) is 19.5 Å². The molecule has 0 unspecified atom stereocenters. The Balaban J connectivity index is 1.98. The lowest BCUT2D eigenvalue weighted by Gasteiger charge is -2.15. The molecule has 0 aliphatic carbocycles. The molecule has 158 valence electrons. The summed E-state index contributed by atoms with van der Waals surface area (Å²) in [5.41, 5.74) is 5.53. The Labute approximate surface area is 175 Å². The topological polar surface area (TPSA) is 160 Å². The van der Waals surface area contributed by atoms with Gasteiger partial charge in [0.1, 0.15) is 5.52 Å². The van der Waals surface area contributed by atoms with Crippen LogP contribution in [0.4, 0.5) is 11.9 Å². The molecule has 5 N–H and O–H groups in total. The van der Waals surface area contributed by atoms with Gasteiger partial charge in [0.15, 0.2) is 11.5 Å². The molecule has 3 aromatic rings. The maximum absolute atomic E-state index is 12.8. The Morgan fingerprint density at radius 2 is 2.03 bits per heavy atom. The minimum Gasteiger partial charge on any atom is -0.491 e. The molecule has 0 bridgehead atoms. The number of carbonyl (C=O) groups is 1. The molecule has 0 spiro atoms. The number of nitrogens with one attached hydrogen (secondary N) is 1. The molecule has 11 nitrogen and oxygen atoms in total. The summed E-state index contributed by atoms with van der Waals surface area (Å²) < 4.78 is 12.4. The molecule has 0 radical (unpaired) electrons. The average molecular weight is 431 g/mol. The minimum absolute atomic E-state index is 0.0318. The molecule has 0 atom stereocenters. The molecule has 30 heavy (non-hydrogen) atoms. The van der Waals surface area contributed by atoms with Crippen LogP contribution >= 0.6 is 11.9 Å². The largest absolute Gasteiger partial charge is 0.491 e. The second-order valence-electron chi connectivity index (χ2n) is 6.15. The van der Waals surface area contributed by atoms with Crippen molar-refractivity contribution in [3.8, 4) is 11.5 Å². The van der Waals surface area contributed by atoms with E-state index in [2.05, 4.69) is 20.3 Å². The summed E-state index contributed by atoms with van der Waals surface area (Å²) in [4.78, 5) is 37.3. The quantitative estimate of drug-likeness (QED) is 0.346. The number of hydrogen-bond acceptors (Lipinski definition) is 10. The third-order valence-corrected chi connectivity index (χ3v) is 4.72. The predicted molar refractivity (Wildman–Crippen MR) is 115 cm³/mol. The van der Waals surface area contributed by atoms with Crippen molar-refractivity contribution in [3.05, 3.63) is 40.4 Å². The number of amides is 1. The van der Waals surface area contributed by atoms with E-state index < -0.39 is 5.91 Å². The first kappa shape index (κ1) is 21.3. The summed E-state index contributed by atoms with van der Waals surface area (Å²) >= 11 is 1.24. The van der Waals surface area contributed by atoms with Crippen LogP contribution in [0.25, 0.3) is 10.9 Å². The van der Waals surface area contributed by atoms with E-state index in [9.17, 15) is 9.59 Å². The fraction of sp³-hybridized carbons (Fsp3) is 0.278. The molecule has 0 saturated carbocycles. The highest BCUT2D eigenvalue weighted by molar-refractivity contribution is 7.97. The number of hydrogen-bond donors (Lipinski definition) is 3. The van der Waals surface area contributed by atoms with E-state index in [1.54, 1.807) is 12.1 Å². The molecule has 1 aromatic carbocycles. The van der Waals surface area contributed by atoms with E-state index in [1.807, 2.05) is 0 Å². The lowest BCUT2D eigenvalue weighted by atomic mass is 10.2. The van der Waals surface area contributed by atoms with Crippen molar-refractivity contribution in [1.29, 1.82) is 0 Å². The third kappa shape index (κ3) is 4.44.